The fourth-order valence-electron chi connectivity index (χ4n) is 1.72. The summed E-state index contributed by atoms with van der Waals surface area (Å²) in [6, 6.07) is 14.5. The molecule has 0 spiro atoms. The number of amides is 1. The van der Waals surface area contributed by atoms with E-state index < -0.39 is 0 Å². The standard InChI is InChI=1S/C17H14BrNO2/c1-12(20)14-5-9-16(10-6-14)19-17(21)11-4-13-2-7-15(18)8-3-13/h2-11H,1H3,(H,19,21)/b11-4+. The normalized spacial score (nSPS) is 10.6. The summed E-state index contributed by atoms with van der Waals surface area (Å²) in [5, 5.41) is 2.74. The van der Waals surface area contributed by atoms with E-state index in [4.69, 9.17) is 0 Å². The fraction of sp³-hybridized carbons (Fsp3) is 0.0588. The fourth-order valence-corrected chi connectivity index (χ4v) is 1.98. The summed E-state index contributed by atoms with van der Waals surface area (Å²) in [4.78, 5) is 23.0. The molecule has 0 aliphatic carbocycles. The maximum absolute atomic E-state index is 11.8. The maximum Gasteiger partial charge on any atom is 0.248 e. The van der Waals surface area contributed by atoms with Crippen molar-refractivity contribution in [1.82, 2.24) is 0 Å². The number of carbonyl (C=O) groups is 2. The smallest absolute Gasteiger partial charge is 0.248 e. The minimum absolute atomic E-state index is 0.00279. The molecule has 4 heteroatoms. The van der Waals surface area contributed by atoms with Crippen LogP contribution < -0.4 is 5.32 Å². The summed E-state index contributed by atoms with van der Waals surface area (Å²) < 4.78 is 0.995. The van der Waals surface area contributed by atoms with Crippen molar-refractivity contribution in [2.24, 2.45) is 0 Å². The Morgan fingerprint density at radius 3 is 2.19 bits per heavy atom. The van der Waals surface area contributed by atoms with Gasteiger partial charge in [-0.15, -0.1) is 0 Å². The second-order valence-electron chi connectivity index (χ2n) is 4.51. The average molecular weight is 344 g/mol. The van der Waals surface area contributed by atoms with Crippen molar-refractivity contribution < 1.29 is 9.59 Å². The Bertz CT molecular complexity index is 673. The summed E-state index contributed by atoms with van der Waals surface area (Å²) in [5.41, 5.74) is 2.23. The van der Waals surface area contributed by atoms with Gasteiger partial charge >= 0.3 is 0 Å². The predicted octanol–water partition coefficient (Wildman–Crippen LogP) is 4.30. The number of hydrogen-bond donors (Lipinski definition) is 1. The van der Waals surface area contributed by atoms with Crippen LogP contribution in [0.5, 0.6) is 0 Å². The van der Waals surface area contributed by atoms with Crippen LogP contribution in [0.2, 0.25) is 0 Å². The molecule has 1 amide bonds. The van der Waals surface area contributed by atoms with Crippen molar-refractivity contribution in [3.05, 3.63) is 70.2 Å². The van der Waals surface area contributed by atoms with E-state index in [1.54, 1.807) is 30.3 Å². The molecule has 2 aromatic rings. The number of nitrogens with one attached hydrogen (secondary N) is 1. The lowest BCUT2D eigenvalue weighted by atomic mass is 10.1. The van der Waals surface area contributed by atoms with Crippen molar-refractivity contribution in [3.8, 4) is 0 Å². The molecule has 0 aliphatic rings. The van der Waals surface area contributed by atoms with E-state index in [2.05, 4.69) is 21.2 Å². The molecule has 0 aromatic heterocycles. The van der Waals surface area contributed by atoms with Crippen LogP contribution in [-0.4, -0.2) is 11.7 Å². The molecule has 2 rings (SSSR count). The molecular formula is C17H14BrNO2. The highest BCUT2D eigenvalue weighted by molar-refractivity contribution is 9.10. The van der Waals surface area contributed by atoms with Gasteiger partial charge in [0.15, 0.2) is 5.78 Å². The van der Waals surface area contributed by atoms with Crippen molar-refractivity contribution in [1.29, 1.82) is 0 Å². The number of Topliss-reactive ketones (excluding diaryl/α,β-unsaturated/α-hetero) is 1. The minimum atomic E-state index is -0.214. The Balaban J connectivity index is 1.98. The first kappa shape index (κ1) is 15.2. The predicted molar refractivity (Wildman–Crippen MR) is 88.3 cm³/mol. The molecule has 0 unspecified atom stereocenters. The molecule has 0 fully saturated rings. The molecule has 0 saturated carbocycles. The molecular weight excluding hydrogens is 330 g/mol. The molecule has 0 atom stereocenters. The molecule has 2 aromatic carbocycles. The van der Waals surface area contributed by atoms with Gasteiger partial charge in [0.2, 0.25) is 5.91 Å². The second kappa shape index (κ2) is 6.99. The lowest BCUT2D eigenvalue weighted by Crippen LogP contribution is -2.07. The van der Waals surface area contributed by atoms with Gasteiger partial charge in [-0.05, 0) is 55.0 Å². The minimum Gasteiger partial charge on any atom is -0.323 e. The van der Waals surface area contributed by atoms with E-state index in [9.17, 15) is 9.59 Å². The summed E-state index contributed by atoms with van der Waals surface area (Å²) in [6.45, 7) is 1.51. The lowest BCUT2D eigenvalue weighted by molar-refractivity contribution is -0.111. The first-order valence-corrected chi connectivity index (χ1v) is 7.19. The number of rotatable bonds is 4. The largest absolute Gasteiger partial charge is 0.323 e. The van der Waals surface area contributed by atoms with Crippen LogP contribution in [0.25, 0.3) is 6.08 Å². The second-order valence-corrected chi connectivity index (χ2v) is 5.42. The molecule has 0 saturated heterocycles. The molecule has 0 heterocycles. The summed E-state index contributed by atoms with van der Waals surface area (Å²) in [7, 11) is 0. The van der Waals surface area contributed by atoms with Crippen molar-refractivity contribution >= 4 is 39.4 Å². The Morgan fingerprint density at radius 1 is 1.00 bits per heavy atom. The zero-order valence-corrected chi connectivity index (χ0v) is 13.1. The van der Waals surface area contributed by atoms with Crippen molar-refractivity contribution in [2.45, 2.75) is 6.92 Å². The highest BCUT2D eigenvalue weighted by atomic mass is 79.9. The molecule has 3 nitrogen and oxygen atoms in total. The van der Waals surface area contributed by atoms with Gasteiger partial charge in [-0.3, -0.25) is 9.59 Å². The Hall–Kier alpha value is -2.20. The Kier molecular flexibility index (Phi) is 5.06. The third-order valence-electron chi connectivity index (χ3n) is 2.86. The molecule has 1 N–H and O–H groups in total. The quantitative estimate of drug-likeness (QED) is 0.664. The summed E-state index contributed by atoms with van der Waals surface area (Å²) >= 11 is 3.36. The third kappa shape index (κ3) is 4.68. The van der Waals surface area contributed by atoms with Crippen molar-refractivity contribution in [2.75, 3.05) is 5.32 Å². The first-order chi connectivity index (χ1) is 10.0. The van der Waals surface area contributed by atoms with Crippen LogP contribution in [-0.2, 0) is 4.79 Å². The summed E-state index contributed by atoms with van der Waals surface area (Å²) in [6.07, 6.45) is 3.22. The number of anilines is 1. The van der Waals surface area contributed by atoms with Gasteiger partial charge in [0.1, 0.15) is 0 Å². The average Bonchev–Trinajstić information content (AvgIpc) is 2.47. The maximum atomic E-state index is 11.8. The lowest BCUT2D eigenvalue weighted by Gasteiger charge is -2.03. The van der Waals surface area contributed by atoms with Crippen LogP contribution in [0.1, 0.15) is 22.8 Å². The first-order valence-electron chi connectivity index (χ1n) is 6.40. The molecule has 106 valence electrons. The zero-order valence-electron chi connectivity index (χ0n) is 11.5. The highest BCUT2D eigenvalue weighted by Crippen LogP contribution is 2.12. The molecule has 21 heavy (non-hydrogen) atoms. The van der Waals surface area contributed by atoms with Gasteiger partial charge < -0.3 is 5.32 Å². The van der Waals surface area contributed by atoms with Gasteiger partial charge in [0.25, 0.3) is 0 Å². The van der Waals surface area contributed by atoms with E-state index in [-0.39, 0.29) is 11.7 Å². The number of benzene rings is 2. The SMILES string of the molecule is CC(=O)c1ccc(NC(=O)/C=C/c2ccc(Br)cc2)cc1. The van der Waals surface area contributed by atoms with E-state index >= 15 is 0 Å². The molecule has 0 aliphatic heterocycles. The molecule has 0 bridgehead atoms. The summed E-state index contributed by atoms with van der Waals surface area (Å²) in [5.74, 6) is -0.212. The van der Waals surface area contributed by atoms with E-state index in [1.165, 1.54) is 13.0 Å². The number of carbonyl (C=O) groups excluding carboxylic acids is 2. The zero-order chi connectivity index (χ0) is 15.2. The van der Waals surface area contributed by atoms with Crippen LogP contribution >= 0.6 is 15.9 Å². The van der Waals surface area contributed by atoms with Crippen LogP contribution in [0, 0.1) is 0 Å². The van der Waals surface area contributed by atoms with Gasteiger partial charge in [0, 0.05) is 21.8 Å². The number of ketones is 1. The monoisotopic (exact) mass is 343 g/mol. The highest BCUT2D eigenvalue weighted by Gasteiger charge is 2.01. The van der Waals surface area contributed by atoms with Crippen LogP contribution in [0.4, 0.5) is 5.69 Å². The number of halogens is 1. The van der Waals surface area contributed by atoms with E-state index in [0.717, 1.165) is 10.0 Å². The van der Waals surface area contributed by atoms with Gasteiger partial charge in [-0.25, -0.2) is 0 Å². The van der Waals surface area contributed by atoms with E-state index in [1.807, 2.05) is 24.3 Å². The van der Waals surface area contributed by atoms with Gasteiger partial charge in [0.05, 0.1) is 0 Å². The topological polar surface area (TPSA) is 46.2 Å². The van der Waals surface area contributed by atoms with E-state index in [0.29, 0.717) is 11.3 Å². The molecule has 0 radical (unpaired) electrons. The van der Waals surface area contributed by atoms with Crippen LogP contribution in [0.3, 0.4) is 0 Å². The van der Waals surface area contributed by atoms with Gasteiger partial charge in [-0.2, -0.15) is 0 Å². The number of hydrogen-bond acceptors (Lipinski definition) is 2. The third-order valence-corrected chi connectivity index (χ3v) is 3.38. The van der Waals surface area contributed by atoms with Crippen molar-refractivity contribution in [3.63, 3.8) is 0 Å². The van der Waals surface area contributed by atoms with Gasteiger partial charge in [-0.1, -0.05) is 28.1 Å². The Morgan fingerprint density at radius 2 is 1.62 bits per heavy atom. The Labute approximate surface area is 131 Å². The van der Waals surface area contributed by atoms with Crippen LogP contribution in [0.15, 0.2) is 59.1 Å².